The molecule has 0 radical (unpaired) electrons. The summed E-state index contributed by atoms with van der Waals surface area (Å²) in [5, 5.41) is 0. The molecule has 0 heterocycles. The average Bonchev–Trinajstić information content (AvgIpc) is 2.48. The van der Waals surface area contributed by atoms with Crippen LogP contribution in [0.1, 0.15) is 11.1 Å². The highest BCUT2D eigenvalue weighted by Gasteiger charge is 2.09. The lowest BCUT2D eigenvalue weighted by molar-refractivity contribution is 0.283. The third-order valence-electron chi connectivity index (χ3n) is 2.80. The first-order chi connectivity index (χ1) is 9.65. The summed E-state index contributed by atoms with van der Waals surface area (Å²) in [5.74, 6) is 1.28. The molecule has 0 aliphatic rings. The van der Waals surface area contributed by atoms with E-state index in [1.807, 2.05) is 12.1 Å². The van der Waals surface area contributed by atoms with Crippen LogP contribution in [0.25, 0.3) is 0 Å². The molecule has 0 fully saturated rings. The SMILES string of the molecule is COc1ccc(CCl)cc1OCc1cccc(F)c1Br. The van der Waals surface area contributed by atoms with E-state index >= 15 is 0 Å². The van der Waals surface area contributed by atoms with E-state index in [0.717, 1.165) is 11.1 Å². The quantitative estimate of drug-likeness (QED) is 0.706. The van der Waals surface area contributed by atoms with Gasteiger partial charge in [-0.2, -0.15) is 0 Å². The van der Waals surface area contributed by atoms with Crippen molar-refractivity contribution in [1.82, 2.24) is 0 Å². The van der Waals surface area contributed by atoms with Gasteiger partial charge in [-0.05, 0) is 39.7 Å². The van der Waals surface area contributed by atoms with E-state index in [1.165, 1.54) is 6.07 Å². The Bertz CT molecular complexity index is 604. The highest BCUT2D eigenvalue weighted by Crippen LogP contribution is 2.30. The van der Waals surface area contributed by atoms with E-state index in [9.17, 15) is 4.39 Å². The minimum Gasteiger partial charge on any atom is -0.493 e. The average molecular weight is 360 g/mol. The molecule has 2 aromatic carbocycles. The highest BCUT2D eigenvalue weighted by molar-refractivity contribution is 9.10. The van der Waals surface area contributed by atoms with Crippen molar-refractivity contribution < 1.29 is 13.9 Å². The molecule has 0 amide bonds. The fraction of sp³-hybridized carbons (Fsp3) is 0.200. The summed E-state index contributed by atoms with van der Waals surface area (Å²) in [6, 6.07) is 10.3. The fourth-order valence-electron chi connectivity index (χ4n) is 1.73. The van der Waals surface area contributed by atoms with Gasteiger partial charge in [0.25, 0.3) is 0 Å². The number of methoxy groups -OCH3 is 1. The van der Waals surface area contributed by atoms with Crippen LogP contribution in [0.4, 0.5) is 4.39 Å². The number of ether oxygens (including phenoxy) is 2. The van der Waals surface area contributed by atoms with Crippen molar-refractivity contribution in [2.75, 3.05) is 7.11 Å². The maximum atomic E-state index is 13.4. The number of hydrogen-bond acceptors (Lipinski definition) is 2. The molecule has 5 heteroatoms. The lowest BCUT2D eigenvalue weighted by Crippen LogP contribution is -2.00. The monoisotopic (exact) mass is 358 g/mol. The Morgan fingerprint density at radius 1 is 1.20 bits per heavy atom. The van der Waals surface area contributed by atoms with Crippen molar-refractivity contribution in [2.24, 2.45) is 0 Å². The molecule has 106 valence electrons. The minimum atomic E-state index is -0.312. The van der Waals surface area contributed by atoms with Crippen LogP contribution in [-0.4, -0.2) is 7.11 Å². The lowest BCUT2D eigenvalue weighted by atomic mass is 10.2. The van der Waals surface area contributed by atoms with Crippen molar-refractivity contribution in [3.63, 3.8) is 0 Å². The van der Waals surface area contributed by atoms with Crippen LogP contribution in [0.5, 0.6) is 11.5 Å². The Labute approximate surface area is 130 Å². The number of alkyl halides is 1. The Hall–Kier alpha value is -1.26. The van der Waals surface area contributed by atoms with E-state index < -0.39 is 0 Å². The van der Waals surface area contributed by atoms with Gasteiger partial charge in [-0.15, -0.1) is 11.6 Å². The Morgan fingerprint density at radius 2 is 2.00 bits per heavy atom. The zero-order valence-electron chi connectivity index (χ0n) is 10.8. The molecule has 0 spiro atoms. The van der Waals surface area contributed by atoms with E-state index in [-0.39, 0.29) is 12.4 Å². The third kappa shape index (κ3) is 3.44. The second kappa shape index (κ2) is 6.95. The maximum Gasteiger partial charge on any atom is 0.161 e. The summed E-state index contributed by atoms with van der Waals surface area (Å²) < 4.78 is 24.8. The first kappa shape index (κ1) is 15.1. The molecule has 2 nitrogen and oxygen atoms in total. The Morgan fingerprint density at radius 3 is 2.70 bits per heavy atom. The predicted octanol–water partition coefficient (Wildman–Crippen LogP) is 4.91. The Kier molecular flexibility index (Phi) is 5.26. The van der Waals surface area contributed by atoms with Gasteiger partial charge in [-0.3, -0.25) is 0 Å². The molecule has 0 saturated heterocycles. The largest absolute Gasteiger partial charge is 0.493 e. The molecule has 0 aliphatic carbocycles. The molecule has 0 bridgehead atoms. The Balaban J connectivity index is 2.19. The van der Waals surface area contributed by atoms with Crippen molar-refractivity contribution >= 4 is 27.5 Å². The molecule has 2 aromatic rings. The van der Waals surface area contributed by atoms with Crippen molar-refractivity contribution in [3.05, 3.63) is 57.8 Å². The van der Waals surface area contributed by atoms with Crippen molar-refractivity contribution in [1.29, 1.82) is 0 Å². The van der Waals surface area contributed by atoms with Gasteiger partial charge in [0.15, 0.2) is 11.5 Å². The highest BCUT2D eigenvalue weighted by atomic mass is 79.9. The fourth-order valence-corrected chi connectivity index (χ4v) is 2.28. The summed E-state index contributed by atoms with van der Waals surface area (Å²) in [4.78, 5) is 0. The number of rotatable bonds is 5. The molecular weight excluding hydrogens is 347 g/mol. The second-order valence-electron chi connectivity index (χ2n) is 4.12. The van der Waals surface area contributed by atoms with Crippen LogP contribution in [0.3, 0.4) is 0 Å². The molecule has 0 N–H and O–H groups in total. The second-order valence-corrected chi connectivity index (χ2v) is 5.18. The van der Waals surface area contributed by atoms with Gasteiger partial charge in [0.05, 0.1) is 11.6 Å². The van der Waals surface area contributed by atoms with E-state index in [4.69, 9.17) is 21.1 Å². The van der Waals surface area contributed by atoms with Crippen LogP contribution >= 0.6 is 27.5 Å². The smallest absolute Gasteiger partial charge is 0.161 e. The van der Waals surface area contributed by atoms with Crippen LogP contribution in [0.2, 0.25) is 0 Å². The van der Waals surface area contributed by atoms with Gasteiger partial charge in [0, 0.05) is 11.4 Å². The van der Waals surface area contributed by atoms with E-state index in [1.54, 1.807) is 25.3 Å². The van der Waals surface area contributed by atoms with Gasteiger partial charge in [0.2, 0.25) is 0 Å². The van der Waals surface area contributed by atoms with Gasteiger partial charge < -0.3 is 9.47 Å². The number of hydrogen-bond donors (Lipinski definition) is 0. The van der Waals surface area contributed by atoms with Crippen molar-refractivity contribution in [3.8, 4) is 11.5 Å². The first-order valence-corrected chi connectivity index (χ1v) is 7.27. The summed E-state index contributed by atoms with van der Waals surface area (Å²) in [7, 11) is 1.57. The van der Waals surface area contributed by atoms with Crippen LogP contribution < -0.4 is 9.47 Å². The van der Waals surface area contributed by atoms with E-state index in [2.05, 4.69) is 15.9 Å². The summed E-state index contributed by atoms with van der Waals surface area (Å²) in [5.41, 5.74) is 1.66. The zero-order chi connectivity index (χ0) is 14.5. The van der Waals surface area contributed by atoms with Gasteiger partial charge in [-0.1, -0.05) is 18.2 Å². The number of halogens is 3. The van der Waals surface area contributed by atoms with Gasteiger partial charge in [0.1, 0.15) is 12.4 Å². The molecular formula is C15H13BrClFO2. The number of benzene rings is 2. The molecule has 0 atom stereocenters. The van der Waals surface area contributed by atoms with Crippen LogP contribution in [-0.2, 0) is 12.5 Å². The van der Waals surface area contributed by atoms with Gasteiger partial charge >= 0.3 is 0 Å². The molecule has 0 aliphatic heterocycles. The van der Waals surface area contributed by atoms with E-state index in [0.29, 0.717) is 21.9 Å². The van der Waals surface area contributed by atoms with Crippen LogP contribution in [0.15, 0.2) is 40.9 Å². The predicted molar refractivity (Wildman–Crippen MR) is 81.0 cm³/mol. The molecule has 2 rings (SSSR count). The summed E-state index contributed by atoms with van der Waals surface area (Å²) in [6.07, 6.45) is 0. The minimum absolute atomic E-state index is 0.237. The topological polar surface area (TPSA) is 18.5 Å². The van der Waals surface area contributed by atoms with Crippen LogP contribution in [0, 0.1) is 5.82 Å². The van der Waals surface area contributed by atoms with Crippen molar-refractivity contribution in [2.45, 2.75) is 12.5 Å². The first-order valence-electron chi connectivity index (χ1n) is 5.94. The standard InChI is InChI=1S/C15H13BrClFO2/c1-19-13-6-5-10(8-17)7-14(13)20-9-11-3-2-4-12(18)15(11)16/h2-7H,8-9H2,1H3. The third-order valence-corrected chi connectivity index (χ3v) is 3.99. The molecule has 20 heavy (non-hydrogen) atoms. The zero-order valence-corrected chi connectivity index (χ0v) is 13.2. The van der Waals surface area contributed by atoms with Gasteiger partial charge in [-0.25, -0.2) is 4.39 Å². The summed E-state index contributed by atoms with van der Waals surface area (Å²) in [6.45, 7) is 0.237. The summed E-state index contributed by atoms with van der Waals surface area (Å²) >= 11 is 9.01. The maximum absolute atomic E-state index is 13.4. The molecule has 0 unspecified atom stereocenters. The normalized spacial score (nSPS) is 10.4. The lowest BCUT2D eigenvalue weighted by Gasteiger charge is -2.12. The molecule has 0 saturated carbocycles. The molecule has 0 aromatic heterocycles.